The van der Waals surface area contributed by atoms with Crippen molar-refractivity contribution in [2.75, 3.05) is 12.4 Å². The van der Waals surface area contributed by atoms with Gasteiger partial charge in [0.05, 0.1) is 7.11 Å². The SMILES string of the molecule is COc1ccc2c(c1)C(Sc1ccc3ccccc3c1)C(=O)N2. The number of anilines is 1. The van der Waals surface area contributed by atoms with Gasteiger partial charge in [0.25, 0.3) is 0 Å². The van der Waals surface area contributed by atoms with Crippen molar-refractivity contribution < 1.29 is 9.53 Å². The second-order valence-electron chi connectivity index (χ2n) is 5.45. The van der Waals surface area contributed by atoms with E-state index in [0.717, 1.165) is 21.9 Å². The number of hydrogen-bond acceptors (Lipinski definition) is 3. The van der Waals surface area contributed by atoms with Gasteiger partial charge in [-0.2, -0.15) is 0 Å². The summed E-state index contributed by atoms with van der Waals surface area (Å²) in [5.41, 5.74) is 1.85. The summed E-state index contributed by atoms with van der Waals surface area (Å²) in [6.45, 7) is 0. The highest BCUT2D eigenvalue weighted by Gasteiger charge is 2.31. The van der Waals surface area contributed by atoms with E-state index in [0.29, 0.717) is 0 Å². The molecule has 4 heteroatoms. The number of nitrogens with one attached hydrogen (secondary N) is 1. The van der Waals surface area contributed by atoms with E-state index in [1.807, 2.05) is 30.3 Å². The maximum Gasteiger partial charge on any atom is 0.242 e. The van der Waals surface area contributed by atoms with Crippen molar-refractivity contribution in [1.82, 2.24) is 0 Å². The fourth-order valence-corrected chi connectivity index (χ4v) is 3.93. The number of carbonyl (C=O) groups excluding carboxylic acids is 1. The second-order valence-corrected chi connectivity index (χ2v) is 6.63. The van der Waals surface area contributed by atoms with Gasteiger partial charge in [-0.25, -0.2) is 0 Å². The maximum atomic E-state index is 12.3. The van der Waals surface area contributed by atoms with Crippen molar-refractivity contribution in [1.29, 1.82) is 0 Å². The molecule has 0 fully saturated rings. The van der Waals surface area contributed by atoms with Crippen LogP contribution in [0.4, 0.5) is 5.69 Å². The van der Waals surface area contributed by atoms with Crippen LogP contribution < -0.4 is 10.1 Å². The predicted molar refractivity (Wildman–Crippen MR) is 94.2 cm³/mol. The first-order chi connectivity index (χ1) is 11.2. The number of ether oxygens (including phenoxy) is 1. The monoisotopic (exact) mass is 321 g/mol. The molecule has 1 aliphatic heterocycles. The van der Waals surface area contributed by atoms with E-state index in [-0.39, 0.29) is 11.2 Å². The van der Waals surface area contributed by atoms with Gasteiger partial charge >= 0.3 is 0 Å². The van der Waals surface area contributed by atoms with Crippen molar-refractivity contribution in [2.24, 2.45) is 0 Å². The molecule has 114 valence electrons. The summed E-state index contributed by atoms with van der Waals surface area (Å²) < 4.78 is 5.28. The molecule has 3 aromatic carbocycles. The lowest BCUT2D eigenvalue weighted by Crippen LogP contribution is -2.08. The molecule has 0 saturated carbocycles. The fourth-order valence-electron chi connectivity index (χ4n) is 2.83. The smallest absolute Gasteiger partial charge is 0.242 e. The van der Waals surface area contributed by atoms with Gasteiger partial charge in [-0.15, -0.1) is 11.8 Å². The van der Waals surface area contributed by atoms with Gasteiger partial charge in [0.1, 0.15) is 11.0 Å². The number of carbonyl (C=O) groups is 1. The lowest BCUT2D eigenvalue weighted by Gasteiger charge is -2.10. The van der Waals surface area contributed by atoms with Crippen molar-refractivity contribution in [3.63, 3.8) is 0 Å². The second kappa shape index (κ2) is 5.63. The maximum absolute atomic E-state index is 12.3. The third-order valence-electron chi connectivity index (χ3n) is 4.01. The first-order valence-corrected chi connectivity index (χ1v) is 8.27. The predicted octanol–water partition coefficient (Wildman–Crippen LogP) is 4.63. The Kier molecular flexibility index (Phi) is 3.46. The highest BCUT2D eigenvalue weighted by Crippen LogP contribution is 2.45. The molecule has 1 aliphatic rings. The summed E-state index contributed by atoms with van der Waals surface area (Å²) in [5.74, 6) is 0.788. The first kappa shape index (κ1) is 14.2. The fraction of sp³-hybridized carbons (Fsp3) is 0.105. The molecule has 4 rings (SSSR count). The topological polar surface area (TPSA) is 38.3 Å². The number of hydrogen-bond donors (Lipinski definition) is 1. The Morgan fingerprint density at radius 2 is 1.83 bits per heavy atom. The van der Waals surface area contributed by atoms with Gasteiger partial charge < -0.3 is 10.1 Å². The zero-order valence-corrected chi connectivity index (χ0v) is 13.4. The molecule has 23 heavy (non-hydrogen) atoms. The quantitative estimate of drug-likeness (QED) is 0.764. The molecular weight excluding hydrogens is 306 g/mol. The molecule has 0 spiro atoms. The van der Waals surface area contributed by atoms with Gasteiger partial charge in [0.2, 0.25) is 5.91 Å². The Bertz CT molecular complexity index is 907. The molecular formula is C19H15NO2S. The van der Waals surface area contributed by atoms with Crippen LogP contribution >= 0.6 is 11.8 Å². The standard InChI is InChI=1S/C19H15NO2S/c1-22-14-7-9-17-16(11-14)18(19(21)20-17)23-15-8-6-12-4-2-3-5-13(12)10-15/h2-11,18H,1H3,(H,20,21). The van der Waals surface area contributed by atoms with Gasteiger partial charge in [0.15, 0.2) is 0 Å². The normalized spacial score (nSPS) is 16.2. The van der Waals surface area contributed by atoms with E-state index in [4.69, 9.17) is 4.74 Å². The van der Waals surface area contributed by atoms with Crippen LogP contribution in [0.5, 0.6) is 5.75 Å². The molecule has 3 nitrogen and oxygen atoms in total. The minimum atomic E-state index is -0.249. The number of rotatable bonds is 3. The van der Waals surface area contributed by atoms with E-state index in [1.54, 1.807) is 18.9 Å². The van der Waals surface area contributed by atoms with Gasteiger partial charge in [-0.3, -0.25) is 4.79 Å². The van der Waals surface area contributed by atoms with Crippen molar-refractivity contribution in [3.05, 3.63) is 66.2 Å². The zero-order valence-electron chi connectivity index (χ0n) is 12.6. The van der Waals surface area contributed by atoms with Gasteiger partial charge in [0, 0.05) is 16.1 Å². The summed E-state index contributed by atoms with van der Waals surface area (Å²) >= 11 is 1.57. The molecule has 1 N–H and O–H groups in total. The number of thioether (sulfide) groups is 1. The summed E-state index contributed by atoms with van der Waals surface area (Å²) in [6, 6.07) is 20.2. The van der Waals surface area contributed by atoms with Crippen LogP contribution in [0.15, 0.2) is 65.6 Å². The molecule has 1 unspecified atom stereocenters. The highest BCUT2D eigenvalue weighted by atomic mass is 32.2. The van der Waals surface area contributed by atoms with E-state index < -0.39 is 0 Å². The largest absolute Gasteiger partial charge is 0.497 e. The Morgan fingerprint density at radius 1 is 1.00 bits per heavy atom. The molecule has 1 amide bonds. The van der Waals surface area contributed by atoms with Crippen LogP contribution in [0.25, 0.3) is 10.8 Å². The molecule has 0 aromatic heterocycles. The molecule has 0 aliphatic carbocycles. The summed E-state index contributed by atoms with van der Waals surface area (Å²) in [7, 11) is 1.64. The lowest BCUT2D eigenvalue weighted by atomic mass is 10.1. The Balaban J connectivity index is 1.69. The third kappa shape index (κ3) is 2.55. The van der Waals surface area contributed by atoms with Crippen molar-refractivity contribution >= 4 is 34.1 Å². The lowest BCUT2D eigenvalue weighted by molar-refractivity contribution is -0.115. The van der Waals surface area contributed by atoms with Crippen LogP contribution in [0, 0.1) is 0 Å². The molecule has 1 atom stereocenters. The molecule has 1 heterocycles. The number of methoxy groups -OCH3 is 1. The minimum Gasteiger partial charge on any atom is -0.497 e. The van der Waals surface area contributed by atoms with E-state index >= 15 is 0 Å². The van der Waals surface area contributed by atoms with Crippen LogP contribution in [0.3, 0.4) is 0 Å². The van der Waals surface area contributed by atoms with Crippen LogP contribution in [-0.2, 0) is 4.79 Å². The average molecular weight is 321 g/mol. The van der Waals surface area contributed by atoms with Crippen molar-refractivity contribution in [2.45, 2.75) is 10.1 Å². The summed E-state index contributed by atoms with van der Waals surface area (Å²) in [6.07, 6.45) is 0. The average Bonchev–Trinajstić information content (AvgIpc) is 2.89. The van der Waals surface area contributed by atoms with E-state index in [2.05, 4.69) is 35.6 Å². The summed E-state index contributed by atoms with van der Waals surface area (Å²) in [4.78, 5) is 13.4. The van der Waals surface area contributed by atoms with E-state index in [1.165, 1.54) is 10.8 Å². The molecule has 0 saturated heterocycles. The van der Waals surface area contributed by atoms with Crippen LogP contribution in [0.1, 0.15) is 10.8 Å². The Labute approximate surface area is 138 Å². The van der Waals surface area contributed by atoms with Gasteiger partial charge in [-0.1, -0.05) is 30.3 Å². The first-order valence-electron chi connectivity index (χ1n) is 7.39. The molecule has 0 radical (unpaired) electrons. The molecule has 3 aromatic rings. The number of benzene rings is 3. The summed E-state index contributed by atoms with van der Waals surface area (Å²) in [5, 5.41) is 5.08. The van der Waals surface area contributed by atoms with Crippen molar-refractivity contribution in [3.8, 4) is 5.75 Å². The Morgan fingerprint density at radius 3 is 2.65 bits per heavy atom. The third-order valence-corrected chi connectivity index (χ3v) is 5.24. The highest BCUT2D eigenvalue weighted by molar-refractivity contribution is 8.00. The van der Waals surface area contributed by atoms with Gasteiger partial charge in [-0.05, 0) is 41.1 Å². The Hall–Kier alpha value is -2.46. The van der Waals surface area contributed by atoms with Crippen LogP contribution in [0.2, 0.25) is 0 Å². The number of amides is 1. The van der Waals surface area contributed by atoms with Crippen LogP contribution in [-0.4, -0.2) is 13.0 Å². The zero-order chi connectivity index (χ0) is 15.8. The molecule has 0 bridgehead atoms. The minimum absolute atomic E-state index is 0.0198. The number of fused-ring (bicyclic) bond motifs is 2. The van der Waals surface area contributed by atoms with E-state index in [9.17, 15) is 4.79 Å².